The number of benzene rings is 2. The molecule has 32 heavy (non-hydrogen) atoms. The quantitative estimate of drug-likeness (QED) is 0.567. The van der Waals surface area contributed by atoms with Gasteiger partial charge in [0.15, 0.2) is 11.3 Å². The monoisotopic (exact) mass is 435 g/mol. The van der Waals surface area contributed by atoms with E-state index in [1.807, 2.05) is 20.8 Å². The van der Waals surface area contributed by atoms with Crippen molar-refractivity contribution >= 4 is 29.3 Å². The lowest BCUT2D eigenvalue weighted by molar-refractivity contribution is -0.132. The van der Waals surface area contributed by atoms with Crippen LogP contribution in [0.3, 0.4) is 0 Å². The highest BCUT2D eigenvalue weighted by Crippen LogP contribution is 2.41. The van der Waals surface area contributed by atoms with E-state index in [2.05, 4.69) is 10.6 Å². The Morgan fingerprint density at radius 1 is 1.09 bits per heavy atom. The molecule has 2 aromatic rings. The van der Waals surface area contributed by atoms with Crippen LogP contribution in [0.2, 0.25) is 0 Å². The molecule has 1 spiro atoms. The molecule has 0 saturated carbocycles. The molecule has 2 heterocycles. The van der Waals surface area contributed by atoms with Gasteiger partial charge >= 0.3 is 6.03 Å². The van der Waals surface area contributed by atoms with E-state index in [1.165, 1.54) is 0 Å². The van der Waals surface area contributed by atoms with Crippen molar-refractivity contribution in [2.24, 2.45) is 5.41 Å². The zero-order chi connectivity index (χ0) is 23.1. The predicted molar refractivity (Wildman–Crippen MR) is 117 cm³/mol. The molecular weight excluding hydrogens is 410 g/mol. The van der Waals surface area contributed by atoms with E-state index >= 15 is 0 Å². The molecule has 0 aromatic heterocycles. The molecule has 166 valence electrons. The zero-order valence-electron chi connectivity index (χ0n) is 18.2. The number of ketones is 1. The maximum absolute atomic E-state index is 13.3. The normalized spacial score (nSPS) is 19.9. The summed E-state index contributed by atoms with van der Waals surface area (Å²) in [6.07, 6.45) is 0.293. The number of hydrogen-bond acceptors (Lipinski definition) is 5. The molecule has 0 bridgehead atoms. The molecule has 4 amide bonds. The smallest absolute Gasteiger partial charge is 0.325 e. The van der Waals surface area contributed by atoms with Crippen LogP contribution < -0.4 is 15.4 Å². The van der Waals surface area contributed by atoms with Gasteiger partial charge < -0.3 is 15.4 Å². The second-order valence-electron chi connectivity index (χ2n) is 9.03. The van der Waals surface area contributed by atoms with Gasteiger partial charge in [-0.3, -0.25) is 19.3 Å². The lowest BCUT2D eigenvalue weighted by Gasteiger charge is -2.33. The number of nitrogens with one attached hydrogen (secondary N) is 2. The van der Waals surface area contributed by atoms with Gasteiger partial charge in [0.25, 0.3) is 5.91 Å². The van der Waals surface area contributed by atoms with Crippen molar-refractivity contribution in [2.45, 2.75) is 32.7 Å². The van der Waals surface area contributed by atoms with Crippen molar-refractivity contribution in [2.75, 3.05) is 18.5 Å². The Morgan fingerprint density at radius 3 is 2.47 bits per heavy atom. The topological polar surface area (TPSA) is 105 Å². The van der Waals surface area contributed by atoms with E-state index < -0.39 is 22.9 Å². The summed E-state index contributed by atoms with van der Waals surface area (Å²) >= 11 is 0. The molecule has 2 aliphatic heterocycles. The van der Waals surface area contributed by atoms with Gasteiger partial charge in [0.2, 0.25) is 5.91 Å². The summed E-state index contributed by atoms with van der Waals surface area (Å²) < 4.78 is 5.62. The second-order valence-corrected chi connectivity index (χ2v) is 9.03. The van der Waals surface area contributed by atoms with Crippen molar-refractivity contribution in [3.05, 3.63) is 59.7 Å². The molecule has 0 radical (unpaired) electrons. The van der Waals surface area contributed by atoms with Gasteiger partial charge in [-0.2, -0.15) is 0 Å². The molecule has 1 fully saturated rings. The Kier molecular flexibility index (Phi) is 5.24. The Bertz CT molecular complexity index is 1100. The number of para-hydroxylation sites is 1. The van der Waals surface area contributed by atoms with Crippen LogP contribution in [0.1, 0.15) is 43.1 Å². The summed E-state index contributed by atoms with van der Waals surface area (Å²) in [6, 6.07) is 12.9. The molecule has 1 atom stereocenters. The molecule has 0 aliphatic carbocycles. The van der Waals surface area contributed by atoms with Crippen LogP contribution in [-0.2, 0) is 15.1 Å². The van der Waals surface area contributed by atoms with E-state index in [-0.39, 0.29) is 24.8 Å². The van der Waals surface area contributed by atoms with Crippen LogP contribution in [0.5, 0.6) is 5.75 Å². The summed E-state index contributed by atoms with van der Waals surface area (Å²) in [7, 11) is 0. The first kappa shape index (κ1) is 21.5. The molecule has 2 aliphatic rings. The maximum Gasteiger partial charge on any atom is 0.325 e. The zero-order valence-corrected chi connectivity index (χ0v) is 18.2. The van der Waals surface area contributed by atoms with Crippen LogP contribution in [0.15, 0.2) is 48.5 Å². The standard InChI is InChI=1S/C24H25N3O5/c1-23(2,3)20(29)25-16-10-8-15(9-11-16)18(28)14-27-21(30)24(26-22(27)31)12-13-32-19-7-5-4-6-17(19)24/h4-11H,12-14H2,1-3H3,(H,25,29)(H,26,31)/t24-/m0/s1. The Morgan fingerprint density at radius 2 is 1.78 bits per heavy atom. The third kappa shape index (κ3) is 3.72. The second kappa shape index (κ2) is 7.78. The van der Waals surface area contributed by atoms with E-state index in [9.17, 15) is 19.2 Å². The van der Waals surface area contributed by atoms with Crippen LogP contribution in [0.4, 0.5) is 10.5 Å². The van der Waals surface area contributed by atoms with E-state index in [0.717, 1.165) is 4.90 Å². The summed E-state index contributed by atoms with van der Waals surface area (Å²) in [5, 5.41) is 5.58. The fourth-order valence-electron chi connectivity index (χ4n) is 3.81. The van der Waals surface area contributed by atoms with Gasteiger partial charge in [-0.15, -0.1) is 0 Å². The van der Waals surface area contributed by atoms with Crippen LogP contribution in [-0.4, -0.2) is 41.7 Å². The number of Topliss-reactive ketones (excluding diaryl/α,β-unsaturated/α-hetero) is 1. The Labute approximate surface area is 185 Å². The number of rotatable bonds is 4. The first-order valence-corrected chi connectivity index (χ1v) is 10.4. The molecule has 2 N–H and O–H groups in total. The number of carbonyl (C=O) groups is 4. The van der Waals surface area contributed by atoms with Crippen molar-refractivity contribution in [1.82, 2.24) is 10.2 Å². The van der Waals surface area contributed by atoms with E-state index in [1.54, 1.807) is 48.5 Å². The number of ether oxygens (including phenoxy) is 1. The number of hydrogen-bond donors (Lipinski definition) is 2. The number of imide groups is 1. The van der Waals surface area contributed by atoms with Crippen molar-refractivity contribution in [1.29, 1.82) is 0 Å². The average molecular weight is 435 g/mol. The highest BCUT2D eigenvalue weighted by Gasteiger charge is 2.55. The average Bonchev–Trinajstić information content (AvgIpc) is 2.98. The van der Waals surface area contributed by atoms with Crippen LogP contribution in [0.25, 0.3) is 0 Å². The lowest BCUT2D eigenvalue weighted by Crippen LogP contribution is -2.47. The molecule has 8 nitrogen and oxygen atoms in total. The minimum absolute atomic E-state index is 0.141. The number of anilines is 1. The minimum Gasteiger partial charge on any atom is -0.493 e. The molecule has 1 saturated heterocycles. The number of carbonyl (C=O) groups excluding carboxylic acids is 4. The van der Waals surface area contributed by atoms with Gasteiger partial charge in [0.05, 0.1) is 13.2 Å². The van der Waals surface area contributed by atoms with E-state index in [4.69, 9.17) is 4.74 Å². The largest absolute Gasteiger partial charge is 0.493 e. The predicted octanol–water partition coefficient (Wildman–Crippen LogP) is 3.08. The highest BCUT2D eigenvalue weighted by atomic mass is 16.5. The number of amides is 4. The molecular formula is C24H25N3O5. The summed E-state index contributed by atoms with van der Waals surface area (Å²) in [4.78, 5) is 51.8. The van der Waals surface area contributed by atoms with Crippen molar-refractivity contribution in [3.63, 3.8) is 0 Å². The van der Waals surface area contributed by atoms with Gasteiger partial charge in [-0.25, -0.2) is 4.79 Å². The van der Waals surface area contributed by atoms with Gasteiger partial charge in [0, 0.05) is 28.7 Å². The fraction of sp³-hybridized carbons (Fsp3) is 0.333. The molecule has 4 rings (SSSR count). The van der Waals surface area contributed by atoms with E-state index in [0.29, 0.717) is 29.0 Å². The Balaban J connectivity index is 1.49. The van der Waals surface area contributed by atoms with Crippen LogP contribution in [0, 0.1) is 5.41 Å². The molecule has 0 unspecified atom stereocenters. The van der Waals surface area contributed by atoms with Gasteiger partial charge in [-0.1, -0.05) is 39.0 Å². The minimum atomic E-state index is -1.21. The fourth-order valence-corrected chi connectivity index (χ4v) is 3.81. The molecule has 2 aromatic carbocycles. The number of nitrogens with zero attached hydrogens (tertiary/aromatic N) is 1. The lowest BCUT2D eigenvalue weighted by atomic mass is 9.84. The first-order valence-electron chi connectivity index (χ1n) is 10.4. The summed E-state index contributed by atoms with van der Waals surface area (Å²) in [5.41, 5.74) is -0.260. The Hall–Kier alpha value is -3.68. The highest BCUT2D eigenvalue weighted by molar-refractivity contribution is 6.11. The van der Waals surface area contributed by atoms with Gasteiger partial charge in [0.1, 0.15) is 5.75 Å². The molecule has 8 heteroatoms. The third-order valence-electron chi connectivity index (χ3n) is 5.70. The van der Waals surface area contributed by atoms with Crippen molar-refractivity contribution in [3.8, 4) is 5.75 Å². The third-order valence-corrected chi connectivity index (χ3v) is 5.70. The maximum atomic E-state index is 13.3. The SMILES string of the molecule is CC(C)(C)C(=O)Nc1ccc(C(=O)CN2C(=O)N[C@]3(CCOc4ccccc43)C2=O)cc1. The number of fused-ring (bicyclic) bond motifs is 2. The first-order chi connectivity index (χ1) is 15.1. The van der Waals surface area contributed by atoms with Crippen molar-refractivity contribution < 1.29 is 23.9 Å². The van der Waals surface area contributed by atoms with Gasteiger partial charge in [-0.05, 0) is 30.3 Å². The van der Waals surface area contributed by atoms with Crippen LogP contribution >= 0.6 is 0 Å². The summed E-state index contributed by atoms with van der Waals surface area (Å²) in [5.74, 6) is -0.424. The number of urea groups is 1. The summed E-state index contributed by atoms with van der Waals surface area (Å²) in [6.45, 7) is 5.33.